The van der Waals surface area contributed by atoms with Crippen LogP contribution in [0.4, 0.5) is 10.2 Å². The molecular weight excluding hydrogens is 245 g/mol. The summed E-state index contributed by atoms with van der Waals surface area (Å²) in [5.41, 5.74) is 1.51. The van der Waals surface area contributed by atoms with E-state index in [1.807, 2.05) is 17.0 Å². The minimum absolute atomic E-state index is 0.226. The normalized spacial score (nSPS) is 15.0. The Hall–Kier alpha value is -2.30. The topological polar surface area (TPSA) is 46.1 Å². The van der Waals surface area contributed by atoms with E-state index in [-0.39, 0.29) is 11.6 Å². The summed E-state index contributed by atoms with van der Waals surface area (Å²) in [6, 6.07) is 9.79. The molecule has 1 aromatic carbocycles. The highest BCUT2D eigenvalue weighted by atomic mass is 19.1. The van der Waals surface area contributed by atoms with Gasteiger partial charge in [-0.1, -0.05) is 0 Å². The molecule has 0 spiro atoms. The van der Waals surface area contributed by atoms with Crippen LogP contribution in [-0.4, -0.2) is 29.1 Å². The zero-order chi connectivity index (χ0) is 13.2. The summed E-state index contributed by atoms with van der Waals surface area (Å²) in [7, 11) is 0. The van der Waals surface area contributed by atoms with Gasteiger partial charge in [0.15, 0.2) is 11.6 Å². The standard InChI is InChI=1S/C14H12FN3O/c15-11-3-1-10(2-4-11)13-5-6-14(17-16-13)18-8-7-12(19)9-18/h1-6H,7-9H2. The maximum atomic E-state index is 12.8. The number of ketones is 1. The van der Waals surface area contributed by atoms with Crippen LogP contribution in [0.3, 0.4) is 0 Å². The molecule has 4 nitrogen and oxygen atoms in total. The molecule has 19 heavy (non-hydrogen) atoms. The number of hydrogen-bond acceptors (Lipinski definition) is 4. The average molecular weight is 257 g/mol. The Morgan fingerprint density at radius 3 is 2.42 bits per heavy atom. The van der Waals surface area contributed by atoms with E-state index < -0.39 is 0 Å². The van der Waals surface area contributed by atoms with Crippen LogP contribution in [0.5, 0.6) is 0 Å². The van der Waals surface area contributed by atoms with E-state index in [2.05, 4.69) is 10.2 Å². The molecular formula is C14H12FN3O. The molecule has 5 heteroatoms. The fourth-order valence-corrected chi connectivity index (χ4v) is 2.09. The van der Waals surface area contributed by atoms with Gasteiger partial charge in [-0.3, -0.25) is 4.79 Å². The van der Waals surface area contributed by atoms with Gasteiger partial charge in [-0.2, -0.15) is 0 Å². The Morgan fingerprint density at radius 1 is 1.05 bits per heavy atom. The molecule has 0 bridgehead atoms. The van der Waals surface area contributed by atoms with Gasteiger partial charge in [0.2, 0.25) is 0 Å². The molecule has 3 rings (SSSR count). The SMILES string of the molecule is O=C1CCN(c2ccc(-c3ccc(F)cc3)nn2)C1. The number of hydrogen-bond donors (Lipinski definition) is 0. The molecule has 96 valence electrons. The maximum absolute atomic E-state index is 12.8. The van der Waals surface area contributed by atoms with Crippen molar-refractivity contribution in [3.8, 4) is 11.3 Å². The summed E-state index contributed by atoms with van der Waals surface area (Å²) in [6.45, 7) is 1.11. The molecule has 0 amide bonds. The van der Waals surface area contributed by atoms with Gasteiger partial charge >= 0.3 is 0 Å². The zero-order valence-electron chi connectivity index (χ0n) is 10.2. The molecule has 1 aliphatic heterocycles. The van der Waals surface area contributed by atoms with Gasteiger partial charge in [0.1, 0.15) is 5.82 Å². The summed E-state index contributed by atoms with van der Waals surface area (Å²) >= 11 is 0. The van der Waals surface area contributed by atoms with Crippen molar-refractivity contribution in [1.29, 1.82) is 0 Å². The van der Waals surface area contributed by atoms with Crippen molar-refractivity contribution < 1.29 is 9.18 Å². The Morgan fingerprint density at radius 2 is 1.84 bits per heavy atom. The molecule has 1 aromatic heterocycles. The van der Waals surface area contributed by atoms with Crippen LogP contribution < -0.4 is 4.90 Å². The van der Waals surface area contributed by atoms with Gasteiger partial charge in [0.05, 0.1) is 12.2 Å². The van der Waals surface area contributed by atoms with Crippen molar-refractivity contribution >= 4 is 11.6 Å². The molecule has 0 atom stereocenters. The Labute approximate surface area is 109 Å². The van der Waals surface area contributed by atoms with E-state index in [1.165, 1.54) is 12.1 Å². The van der Waals surface area contributed by atoms with Crippen LogP contribution in [0.1, 0.15) is 6.42 Å². The number of benzene rings is 1. The van der Waals surface area contributed by atoms with Crippen molar-refractivity contribution in [2.75, 3.05) is 18.0 Å². The molecule has 1 saturated heterocycles. The third kappa shape index (κ3) is 2.45. The molecule has 1 fully saturated rings. The quantitative estimate of drug-likeness (QED) is 0.826. The van der Waals surface area contributed by atoms with Crippen LogP contribution in [0.15, 0.2) is 36.4 Å². The van der Waals surface area contributed by atoms with Crippen molar-refractivity contribution in [1.82, 2.24) is 10.2 Å². The van der Waals surface area contributed by atoms with Gasteiger partial charge in [-0.05, 0) is 36.4 Å². The van der Waals surface area contributed by atoms with E-state index in [9.17, 15) is 9.18 Å². The second kappa shape index (κ2) is 4.76. The molecule has 2 aromatic rings. The first-order valence-corrected chi connectivity index (χ1v) is 6.09. The van der Waals surface area contributed by atoms with Crippen LogP contribution in [0, 0.1) is 5.82 Å². The van der Waals surface area contributed by atoms with E-state index in [0.29, 0.717) is 31.0 Å². The smallest absolute Gasteiger partial charge is 0.153 e. The van der Waals surface area contributed by atoms with E-state index >= 15 is 0 Å². The highest BCUT2D eigenvalue weighted by Gasteiger charge is 2.20. The summed E-state index contributed by atoms with van der Waals surface area (Å²) in [4.78, 5) is 13.1. The first-order chi connectivity index (χ1) is 9.22. The number of rotatable bonds is 2. The predicted molar refractivity (Wildman–Crippen MR) is 69.3 cm³/mol. The Balaban J connectivity index is 1.82. The van der Waals surface area contributed by atoms with Crippen molar-refractivity contribution in [2.24, 2.45) is 0 Å². The van der Waals surface area contributed by atoms with Crippen LogP contribution >= 0.6 is 0 Å². The Bertz CT molecular complexity index is 595. The molecule has 0 radical (unpaired) electrons. The van der Waals surface area contributed by atoms with Crippen LogP contribution in [0.2, 0.25) is 0 Å². The maximum Gasteiger partial charge on any atom is 0.153 e. The third-order valence-corrected chi connectivity index (χ3v) is 3.14. The zero-order valence-corrected chi connectivity index (χ0v) is 10.2. The molecule has 0 N–H and O–H groups in total. The van der Waals surface area contributed by atoms with Crippen molar-refractivity contribution in [3.63, 3.8) is 0 Å². The lowest BCUT2D eigenvalue weighted by Gasteiger charge is -2.14. The van der Waals surface area contributed by atoms with Crippen LogP contribution in [-0.2, 0) is 4.79 Å². The first-order valence-electron chi connectivity index (χ1n) is 6.09. The summed E-state index contributed by atoms with van der Waals surface area (Å²) in [5.74, 6) is 0.657. The highest BCUT2D eigenvalue weighted by Crippen LogP contribution is 2.20. The molecule has 0 saturated carbocycles. The lowest BCUT2D eigenvalue weighted by atomic mass is 10.1. The molecule has 0 aliphatic carbocycles. The van der Waals surface area contributed by atoms with Gasteiger partial charge in [-0.25, -0.2) is 4.39 Å². The average Bonchev–Trinajstić information content (AvgIpc) is 2.87. The fraction of sp³-hybridized carbons (Fsp3) is 0.214. The number of anilines is 1. The van der Waals surface area contributed by atoms with Gasteiger partial charge in [0.25, 0.3) is 0 Å². The monoisotopic (exact) mass is 257 g/mol. The van der Waals surface area contributed by atoms with E-state index in [4.69, 9.17) is 0 Å². The lowest BCUT2D eigenvalue weighted by molar-refractivity contribution is -0.116. The first kappa shape index (κ1) is 11.8. The van der Waals surface area contributed by atoms with Crippen molar-refractivity contribution in [3.05, 3.63) is 42.2 Å². The van der Waals surface area contributed by atoms with Gasteiger partial charge < -0.3 is 4.90 Å². The summed E-state index contributed by atoms with van der Waals surface area (Å²) < 4.78 is 12.8. The van der Waals surface area contributed by atoms with E-state index in [0.717, 1.165) is 5.56 Å². The minimum atomic E-state index is -0.274. The lowest BCUT2D eigenvalue weighted by Crippen LogP contribution is -2.21. The molecule has 2 heterocycles. The van der Waals surface area contributed by atoms with E-state index in [1.54, 1.807) is 12.1 Å². The fourth-order valence-electron chi connectivity index (χ4n) is 2.09. The molecule has 0 unspecified atom stereocenters. The van der Waals surface area contributed by atoms with Gasteiger partial charge in [0, 0.05) is 18.5 Å². The number of carbonyl (C=O) groups is 1. The largest absolute Gasteiger partial charge is 0.347 e. The highest BCUT2D eigenvalue weighted by molar-refractivity contribution is 5.86. The summed E-state index contributed by atoms with van der Waals surface area (Å²) in [5, 5.41) is 8.25. The number of nitrogens with zero attached hydrogens (tertiary/aromatic N) is 3. The minimum Gasteiger partial charge on any atom is -0.347 e. The third-order valence-electron chi connectivity index (χ3n) is 3.14. The Kier molecular flexibility index (Phi) is 2.95. The molecule has 1 aliphatic rings. The number of carbonyl (C=O) groups excluding carboxylic acids is 1. The second-order valence-corrected chi connectivity index (χ2v) is 4.49. The van der Waals surface area contributed by atoms with Crippen molar-refractivity contribution in [2.45, 2.75) is 6.42 Å². The number of Topliss-reactive ketones (excluding diaryl/α,β-unsaturated/α-hetero) is 1. The predicted octanol–water partition coefficient (Wildman–Crippen LogP) is 2.06. The second-order valence-electron chi connectivity index (χ2n) is 4.49. The van der Waals surface area contributed by atoms with Crippen LogP contribution in [0.25, 0.3) is 11.3 Å². The summed E-state index contributed by atoms with van der Waals surface area (Å²) in [6.07, 6.45) is 0.571. The number of aromatic nitrogens is 2. The number of halogens is 1. The van der Waals surface area contributed by atoms with Gasteiger partial charge in [-0.15, -0.1) is 10.2 Å².